The Kier molecular flexibility index (Phi) is 5.02. The molecule has 0 aliphatic heterocycles. The Labute approximate surface area is 116 Å². The second kappa shape index (κ2) is 6.98. The van der Waals surface area contributed by atoms with Gasteiger partial charge >= 0.3 is 0 Å². The van der Waals surface area contributed by atoms with Gasteiger partial charge in [0.15, 0.2) is 0 Å². The zero-order valence-corrected chi connectivity index (χ0v) is 11.9. The molecule has 0 atom stereocenters. The van der Waals surface area contributed by atoms with E-state index in [0.717, 1.165) is 12.2 Å². The van der Waals surface area contributed by atoms with Crippen molar-refractivity contribution in [3.05, 3.63) is 54.1 Å². The lowest BCUT2D eigenvalue weighted by Gasteiger charge is -2.14. The fourth-order valence-electron chi connectivity index (χ4n) is 2.45. The Bertz CT molecular complexity index is 502. The molecule has 0 saturated heterocycles. The second-order valence-electron chi connectivity index (χ2n) is 4.82. The van der Waals surface area contributed by atoms with Gasteiger partial charge in [0.25, 0.3) is 0 Å². The summed E-state index contributed by atoms with van der Waals surface area (Å²) in [5.74, 6) is 0.972. The van der Waals surface area contributed by atoms with E-state index >= 15 is 0 Å². The third-order valence-corrected chi connectivity index (χ3v) is 3.44. The molecule has 1 heteroatoms. The molecule has 100 valence electrons. The van der Waals surface area contributed by atoms with Gasteiger partial charge in [0.2, 0.25) is 0 Å². The molecule has 2 aromatic rings. The first kappa shape index (κ1) is 13.7. The van der Waals surface area contributed by atoms with Gasteiger partial charge < -0.3 is 4.74 Å². The molecule has 0 unspecified atom stereocenters. The van der Waals surface area contributed by atoms with Gasteiger partial charge in [-0.2, -0.15) is 0 Å². The van der Waals surface area contributed by atoms with Crippen LogP contribution in [0.4, 0.5) is 0 Å². The lowest BCUT2D eigenvalue weighted by Crippen LogP contribution is -1.95. The zero-order valence-electron chi connectivity index (χ0n) is 11.9. The van der Waals surface area contributed by atoms with Crippen molar-refractivity contribution in [3.8, 4) is 16.9 Å². The quantitative estimate of drug-likeness (QED) is 0.652. The fraction of sp³-hybridized carbons (Fsp3) is 0.333. The summed E-state index contributed by atoms with van der Waals surface area (Å²) in [5.41, 5.74) is 3.88. The maximum absolute atomic E-state index is 5.55. The molecule has 0 radical (unpaired) electrons. The third-order valence-electron chi connectivity index (χ3n) is 3.44. The molecule has 0 bridgehead atoms. The van der Waals surface area contributed by atoms with E-state index in [0.29, 0.717) is 0 Å². The third kappa shape index (κ3) is 3.37. The number of aryl methyl sites for hydroxylation is 1. The van der Waals surface area contributed by atoms with Crippen molar-refractivity contribution in [2.75, 3.05) is 7.11 Å². The van der Waals surface area contributed by atoms with E-state index in [-0.39, 0.29) is 0 Å². The SMILES string of the molecule is CCCCCc1cccc(OC)c1-c1ccccc1. The Hall–Kier alpha value is -1.76. The van der Waals surface area contributed by atoms with Crippen molar-refractivity contribution in [3.63, 3.8) is 0 Å². The molecule has 0 spiro atoms. The van der Waals surface area contributed by atoms with E-state index in [9.17, 15) is 0 Å². The molecule has 2 aromatic carbocycles. The van der Waals surface area contributed by atoms with E-state index in [4.69, 9.17) is 4.74 Å². The van der Waals surface area contributed by atoms with Crippen LogP contribution in [0.25, 0.3) is 11.1 Å². The number of ether oxygens (including phenoxy) is 1. The monoisotopic (exact) mass is 254 g/mol. The Morgan fingerprint density at radius 1 is 0.895 bits per heavy atom. The first-order valence-corrected chi connectivity index (χ1v) is 7.08. The van der Waals surface area contributed by atoms with Crippen LogP contribution in [0.5, 0.6) is 5.75 Å². The smallest absolute Gasteiger partial charge is 0.126 e. The van der Waals surface area contributed by atoms with E-state index < -0.39 is 0 Å². The summed E-state index contributed by atoms with van der Waals surface area (Å²) < 4.78 is 5.55. The molecule has 0 saturated carbocycles. The standard InChI is InChI=1S/C18H22O/c1-3-4-6-10-16-13-9-14-17(19-2)18(16)15-11-7-5-8-12-15/h5,7-9,11-14H,3-4,6,10H2,1-2H3. The largest absolute Gasteiger partial charge is 0.496 e. The predicted octanol–water partition coefficient (Wildman–Crippen LogP) is 5.09. The summed E-state index contributed by atoms with van der Waals surface area (Å²) in [6.45, 7) is 2.24. The van der Waals surface area contributed by atoms with Gasteiger partial charge in [-0.05, 0) is 30.0 Å². The molecule has 2 rings (SSSR count). The normalized spacial score (nSPS) is 10.4. The van der Waals surface area contributed by atoms with E-state index in [1.165, 1.54) is 36.0 Å². The Morgan fingerprint density at radius 3 is 2.37 bits per heavy atom. The van der Waals surface area contributed by atoms with Crippen LogP contribution >= 0.6 is 0 Å². The van der Waals surface area contributed by atoms with Gasteiger partial charge in [0, 0.05) is 5.56 Å². The summed E-state index contributed by atoms with van der Waals surface area (Å²) >= 11 is 0. The van der Waals surface area contributed by atoms with Crippen LogP contribution in [0.2, 0.25) is 0 Å². The minimum Gasteiger partial charge on any atom is -0.496 e. The highest BCUT2D eigenvalue weighted by atomic mass is 16.5. The topological polar surface area (TPSA) is 9.23 Å². The molecule has 0 heterocycles. The number of unbranched alkanes of at least 4 members (excludes halogenated alkanes) is 2. The molecule has 0 fully saturated rings. The van der Waals surface area contributed by atoms with Crippen molar-refractivity contribution >= 4 is 0 Å². The predicted molar refractivity (Wildman–Crippen MR) is 81.7 cm³/mol. The number of rotatable bonds is 6. The molecule has 0 amide bonds. The summed E-state index contributed by atoms with van der Waals surface area (Å²) in [7, 11) is 1.75. The number of hydrogen-bond acceptors (Lipinski definition) is 1. The van der Waals surface area contributed by atoms with Crippen molar-refractivity contribution < 1.29 is 4.74 Å². The van der Waals surface area contributed by atoms with Crippen LogP contribution in [-0.4, -0.2) is 7.11 Å². The van der Waals surface area contributed by atoms with Gasteiger partial charge in [0.1, 0.15) is 5.75 Å². The summed E-state index contributed by atoms with van der Waals surface area (Å²) in [5, 5.41) is 0. The Balaban J connectivity index is 2.37. The Morgan fingerprint density at radius 2 is 1.68 bits per heavy atom. The first-order valence-electron chi connectivity index (χ1n) is 7.08. The fourth-order valence-corrected chi connectivity index (χ4v) is 2.45. The molecule has 0 aliphatic carbocycles. The minimum atomic E-state index is 0.972. The minimum absolute atomic E-state index is 0.972. The summed E-state index contributed by atoms with van der Waals surface area (Å²) in [6, 6.07) is 16.9. The average Bonchev–Trinajstić information content (AvgIpc) is 2.48. The number of methoxy groups -OCH3 is 1. The summed E-state index contributed by atoms with van der Waals surface area (Å²) in [6.07, 6.45) is 4.90. The summed E-state index contributed by atoms with van der Waals surface area (Å²) in [4.78, 5) is 0. The number of benzene rings is 2. The van der Waals surface area contributed by atoms with Crippen LogP contribution in [0.1, 0.15) is 31.7 Å². The van der Waals surface area contributed by atoms with Crippen LogP contribution in [-0.2, 0) is 6.42 Å². The molecule has 1 nitrogen and oxygen atoms in total. The zero-order chi connectivity index (χ0) is 13.5. The molecular weight excluding hydrogens is 232 g/mol. The average molecular weight is 254 g/mol. The van der Waals surface area contributed by atoms with Crippen molar-refractivity contribution in [1.82, 2.24) is 0 Å². The first-order chi connectivity index (χ1) is 9.36. The van der Waals surface area contributed by atoms with Gasteiger partial charge in [0.05, 0.1) is 7.11 Å². The van der Waals surface area contributed by atoms with E-state index in [2.05, 4.69) is 49.4 Å². The van der Waals surface area contributed by atoms with Crippen LogP contribution in [0, 0.1) is 0 Å². The highest BCUT2D eigenvalue weighted by molar-refractivity contribution is 5.74. The molecule has 0 N–H and O–H groups in total. The maximum atomic E-state index is 5.55. The van der Waals surface area contributed by atoms with Crippen molar-refractivity contribution in [2.24, 2.45) is 0 Å². The van der Waals surface area contributed by atoms with Crippen LogP contribution < -0.4 is 4.74 Å². The lowest BCUT2D eigenvalue weighted by atomic mass is 9.95. The van der Waals surface area contributed by atoms with E-state index in [1.54, 1.807) is 7.11 Å². The second-order valence-corrected chi connectivity index (χ2v) is 4.82. The van der Waals surface area contributed by atoms with Gasteiger partial charge in [-0.1, -0.05) is 62.2 Å². The van der Waals surface area contributed by atoms with Crippen LogP contribution in [0.3, 0.4) is 0 Å². The lowest BCUT2D eigenvalue weighted by molar-refractivity contribution is 0.416. The van der Waals surface area contributed by atoms with Crippen molar-refractivity contribution in [2.45, 2.75) is 32.6 Å². The highest BCUT2D eigenvalue weighted by Gasteiger charge is 2.10. The molecule has 0 aliphatic rings. The highest BCUT2D eigenvalue weighted by Crippen LogP contribution is 2.34. The van der Waals surface area contributed by atoms with Gasteiger partial charge in [-0.3, -0.25) is 0 Å². The maximum Gasteiger partial charge on any atom is 0.126 e. The number of hydrogen-bond donors (Lipinski definition) is 0. The molecular formula is C18H22O. The molecule has 0 aromatic heterocycles. The van der Waals surface area contributed by atoms with Gasteiger partial charge in [-0.15, -0.1) is 0 Å². The van der Waals surface area contributed by atoms with Crippen molar-refractivity contribution in [1.29, 1.82) is 0 Å². The van der Waals surface area contributed by atoms with Gasteiger partial charge in [-0.25, -0.2) is 0 Å². The molecule has 19 heavy (non-hydrogen) atoms. The van der Waals surface area contributed by atoms with Crippen LogP contribution in [0.15, 0.2) is 48.5 Å². The van der Waals surface area contributed by atoms with E-state index in [1.807, 2.05) is 6.07 Å².